The quantitative estimate of drug-likeness (QED) is 0.705. The van der Waals surface area contributed by atoms with Crippen LogP contribution in [0.4, 0.5) is 10.1 Å². The molecule has 90 valence electrons. The lowest BCUT2D eigenvalue weighted by molar-refractivity contribution is 0.515. The van der Waals surface area contributed by atoms with E-state index in [4.69, 9.17) is 0 Å². The molecular formula is C12H14FN3S. The van der Waals surface area contributed by atoms with E-state index >= 15 is 0 Å². The highest BCUT2D eigenvalue weighted by Crippen LogP contribution is 2.66. The van der Waals surface area contributed by atoms with Gasteiger partial charge in [-0.1, -0.05) is 0 Å². The number of benzene rings is 1. The van der Waals surface area contributed by atoms with Gasteiger partial charge in [-0.15, -0.1) is 0 Å². The first-order valence-corrected chi connectivity index (χ1v) is 6.81. The first kappa shape index (κ1) is 10.2. The van der Waals surface area contributed by atoms with Gasteiger partial charge in [0.15, 0.2) is 0 Å². The Morgan fingerprint density at radius 3 is 3.06 bits per heavy atom. The lowest BCUT2D eigenvalue weighted by Gasteiger charge is -2.28. The fraction of sp³-hybridized carbons (Fsp3) is 0.500. The van der Waals surface area contributed by atoms with Crippen molar-refractivity contribution < 1.29 is 4.39 Å². The number of halogens is 1. The van der Waals surface area contributed by atoms with Crippen molar-refractivity contribution in [3.63, 3.8) is 0 Å². The second-order valence-corrected chi connectivity index (χ2v) is 6.10. The molecule has 3 aliphatic rings. The van der Waals surface area contributed by atoms with Gasteiger partial charge in [0, 0.05) is 10.9 Å². The van der Waals surface area contributed by atoms with Crippen LogP contribution in [-0.2, 0) is 0 Å². The molecule has 4 rings (SSSR count). The molecule has 0 amide bonds. The normalized spacial score (nSPS) is 31.8. The Bertz CT molecular complexity index is 475. The molecular weight excluding hydrogens is 237 g/mol. The Kier molecular flexibility index (Phi) is 2.02. The molecule has 1 spiro atoms. The van der Waals surface area contributed by atoms with E-state index in [0.717, 1.165) is 10.6 Å². The summed E-state index contributed by atoms with van der Waals surface area (Å²) < 4.78 is 16.3. The SMILES string of the molecule is Fc1ccc2c(c1)SNC(NC1CC13CC3)N2. The number of fused-ring (bicyclic) bond motifs is 1. The minimum absolute atomic E-state index is 0.0861. The molecule has 5 heteroatoms. The van der Waals surface area contributed by atoms with Gasteiger partial charge in [-0.3, -0.25) is 5.32 Å². The molecule has 0 radical (unpaired) electrons. The van der Waals surface area contributed by atoms with Gasteiger partial charge in [0.25, 0.3) is 0 Å². The van der Waals surface area contributed by atoms with E-state index in [0.29, 0.717) is 11.5 Å². The van der Waals surface area contributed by atoms with Gasteiger partial charge in [-0.05, 0) is 54.8 Å². The van der Waals surface area contributed by atoms with E-state index in [9.17, 15) is 4.39 Å². The average molecular weight is 251 g/mol. The summed E-state index contributed by atoms with van der Waals surface area (Å²) in [6.07, 6.45) is 4.16. The van der Waals surface area contributed by atoms with Crippen LogP contribution in [0.1, 0.15) is 19.3 Å². The summed E-state index contributed by atoms with van der Waals surface area (Å²) in [5, 5.41) is 6.92. The molecule has 2 saturated carbocycles. The van der Waals surface area contributed by atoms with Crippen LogP contribution in [-0.4, -0.2) is 12.3 Å². The molecule has 2 atom stereocenters. The first-order chi connectivity index (χ1) is 8.25. The topological polar surface area (TPSA) is 36.1 Å². The summed E-state index contributed by atoms with van der Waals surface area (Å²) in [4.78, 5) is 0.917. The Morgan fingerprint density at radius 1 is 1.41 bits per heavy atom. The molecule has 0 bridgehead atoms. The summed E-state index contributed by atoms with van der Waals surface area (Å²) >= 11 is 1.49. The van der Waals surface area contributed by atoms with Gasteiger partial charge in [-0.2, -0.15) is 0 Å². The van der Waals surface area contributed by atoms with Crippen molar-refractivity contribution in [2.45, 2.75) is 36.5 Å². The van der Waals surface area contributed by atoms with Crippen molar-refractivity contribution in [1.29, 1.82) is 0 Å². The van der Waals surface area contributed by atoms with Crippen LogP contribution in [0.2, 0.25) is 0 Å². The second-order valence-electron chi connectivity index (χ2n) is 5.22. The largest absolute Gasteiger partial charge is 0.356 e. The fourth-order valence-electron chi connectivity index (χ4n) is 2.58. The van der Waals surface area contributed by atoms with Gasteiger partial charge >= 0.3 is 0 Å². The Balaban J connectivity index is 1.46. The maximum atomic E-state index is 13.0. The smallest absolute Gasteiger partial charge is 0.142 e. The van der Waals surface area contributed by atoms with Crippen LogP contribution in [0.15, 0.2) is 23.1 Å². The van der Waals surface area contributed by atoms with Crippen LogP contribution in [0.5, 0.6) is 0 Å². The third-order valence-electron chi connectivity index (χ3n) is 3.98. The molecule has 1 aromatic rings. The van der Waals surface area contributed by atoms with Gasteiger partial charge < -0.3 is 5.32 Å². The third-order valence-corrected chi connectivity index (χ3v) is 4.89. The fourth-order valence-corrected chi connectivity index (χ4v) is 3.36. The van der Waals surface area contributed by atoms with Crippen LogP contribution in [0.25, 0.3) is 0 Å². The Labute approximate surface area is 104 Å². The lowest BCUT2D eigenvalue weighted by Crippen LogP contribution is -2.48. The van der Waals surface area contributed by atoms with Crippen molar-refractivity contribution in [3.8, 4) is 0 Å². The zero-order valence-electron chi connectivity index (χ0n) is 9.29. The highest BCUT2D eigenvalue weighted by Gasteiger charge is 2.63. The molecule has 1 aliphatic heterocycles. The third kappa shape index (κ3) is 1.73. The summed E-state index contributed by atoms with van der Waals surface area (Å²) in [7, 11) is 0. The Morgan fingerprint density at radius 2 is 2.29 bits per heavy atom. The monoisotopic (exact) mass is 251 g/mol. The molecule has 0 aromatic heterocycles. The highest BCUT2D eigenvalue weighted by molar-refractivity contribution is 7.97. The minimum atomic E-state index is -0.189. The zero-order valence-corrected chi connectivity index (χ0v) is 10.1. The lowest BCUT2D eigenvalue weighted by atomic mass is 10.3. The number of anilines is 1. The van der Waals surface area contributed by atoms with E-state index in [1.807, 2.05) is 0 Å². The number of hydrogen-bond donors (Lipinski definition) is 3. The predicted molar refractivity (Wildman–Crippen MR) is 66.0 cm³/mol. The van der Waals surface area contributed by atoms with Crippen LogP contribution in [0, 0.1) is 11.2 Å². The summed E-state index contributed by atoms with van der Waals surface area (Å²) in [6.45, 7) is 0. The molecule has 3 N–H and O–H groups in total. The maximum absolute atomic E-state index is 13.0. The molecule has 1 aromatic carbocycles. The van der Waals surface area contributed by atoms with E-state index in [2.05, 4.69) is 15.4 Å². The van der Waals surface area contributed by atoms with Crippen molar-refractivity contribution in [1.82, 2.24) is 10.0 Å². The van der Waals surface area contributed by atoms with Gasteiger partial charge in [-0.25, -0.2) is 9.11 Å². The molecule has 2 aliphatic carbocycles. The van der Waals surface area contributed by atoms with Crippen LogP contribution >= 0.6 is 11.9 Å². The molecule has 17 heavy (non-hydrogen) atoms. The first-order valence-electron chi connectivity index (χ1n) is 6.00. The zero-order chi connectivity index (χ0) is 11.5. The van der Waals surface area contributed by atoms with Crippen molar-refractivity contribution in [2.24, 2.45) is 5.41 Å². The maximum Gasteiger partial charge on any atom is 0.142 e. The van der Waals surface area contributed by atoms with Crippen molar-refractivity contribution in [3.05, 3.63) is 24.0 Å². The molecule has 1 heterocycles. The predicted octanol–water partition coefficient (Wildman–Crippen LogP) is 2.27. The van der Waals surface area contributed by atoms with Gasteiger partial charge in [0.2, 0.25) is 0 Å². The number of nitrogens with one attached hydrogen (secondary N) is 3. The molecule has 3 nitrogen and oxygen atoms in total. The van der Waals surface area contributed by atoms with Crippen LogP contribution < -0.4 is 15.4 Å². The van der Waals surface area contributed by atoms with E-state index in [1.165, 1.54) is 37.3 Å². The second kappa shape index (κ2) is 3.37. The number of hydrogen-bond acceptors (Lipinski definition) is 4. The van der Waals surface area contributed by atoms with Gasteiger partial charge in [0.05, 0.1) is 5.69 Å². The standard InChI is InChI=1S/C12H14FN3S/c13-7-1-2-8-9(5-7)17-16-11(14-8)15-10-6-12(10)3-4-12/h1-2,5,10-11,14-16H,3-4,6H2. The Hall–Kier alpha value is -0.780. The van der Waals surface area contributed by atoms with Crippen LogP contribution in [0.3, 0.4) is 0 Å². The van der Waals surface area contributed by atoms with E-state index in [-0.39, 0.29) is 12.1 Å². The van der Waals surface area contributed by atoms with Crippen molar-refractivity contribution in [2.75, 3.05) is 5.32 Å². The average Bonchev–Trinajstić information content (AvgIpc) is 3.22. The summed E-state index contributed by atoms with van der Waals surface area (Å²) in [5.74, 6) is -0.189. The summed E-state index contributed by atoms with van der Waals surface area (Å²) in [6, 6.07) is 5.51. The molecule has 2 unspecified atom stereocenters. The van der Waals surface area contributed by atoms with Gasteiger partial charge in [0.1, 0.15) is 12.1 Å². The van der Waals surface area contributed by atoms with E-state index in [1.54, 1.807) is 12.1 Å². The molecule has 0 saturated heterocycles. The summed E-state index contributed by atoms with van der Waals surface area (Å²) in [5.41, 5.74) is 1.65. The molecule has 2 fully saturated rings. The highest BCUT2D eigenvalue weighted by atomic mass is 32.2. The van der Waals surface area contributed by atoms with Crippen molar-refractivity contribution >= 4 is 17.6 Å². The minimum Gasteiger partial charge on any atom is -0.356 e. The van der Waals surface area contributed by atoms with E-state index < -0.39 is 0 Å². The number of rotatable bonds is 2.